The molecule has 1 amide bonds. The van der Waals surface area contributed by atoms with Gasteiger partial charge in [0, 0.05) is 9.35 Å². The van der Waals surface area contributed by atoms with Gasteiger partial charge in [-0.1, -0.05) is 42.5 Å². The number of amides is 1. The molecule has 0 saturated heterocycles. The summed E-state index contributed by atoms with van der Waals surface area (Å²) in [7, 11) is 0. The summed E-state index contributed by atoms with van der Waals surface area (Å²) in [5.74, 6) is -1.42. The van der Waals surface area contributed by atoms with Crippen LogP contribution in [0.2, 0.25) is 0 Å². The Morgan fingerprint density at radius 3 is 2.33 bits per heavy atom. The van der Waals surface area contributed by atoms with Crippen molar-refractivity contribution in [3.8, 4) is 10.4 Å². The Morgan fingerprint density at radius 2 is 1.67 bits per heavy atom. The first-order valence-electron chi connectivity index (χ1n) is 7.04. The minimum absolute atomic E-state index is 0.106. The van der Waals surface area contributed by atoms with Crippen molar-refractivity contribution in [3.63, 3.8) is 0 Å². The minimum atomic E-state index is -1.07. The van der Waals surface area contributed by atoms with Crippen molar-refractivity contribution >= 4 is 44.8 Å². The molecule has 4 nitrogen and oxygen atoms in total. The Labute approximate surface area is 150 Å². The van der Waals surface area contributed by atoms with Gasteiger partial charge in [0.25, 0.3) is 5.91 Å². The van der Waals surface area contributed by atoms with Crippen molar-refractivity contribution in [1.29, 1.82) is 0 Å². The fourth-order valence-electron chi connectivity index (χ4n) is 2.22. The lowest BCUT2D eigenvalue weighted by Gasteiger charge is -2.06. The van der Waals surface area contributed by atoms with E-state index in [-0.39, 0.29) is 10.8 Å². The summed E-state index contributed by atoms with van der Waals surface area (Å²) in [6, 6.07) is 18.1. The number of aromatic carboxylic acids is 1. The van der Waals surface area contributed by atoms with Gasteiger partial charge < -0.3 is 10.4 Å². The number of hydrogen-bond acceptors (Lipinski definition) is 3. The van der Waals surface area contributed by atoms with Crippen LogP contribution in [-0.2, 0) is 0 Å². The van der Waals surface area contributed by atoms with Crippen LogP contribution in [0.15, 0.2) is 65.1 Å². The third-order valence-electron chi connectivity index (χ3n) is 3.35. The highest BCUT2D eigenvalue weighted by Crippen LogP contribution is 2.35. The molecule has 0 aliphatic carbocycles. The Hall–Kier alpha value is -2.44. The second kappa shape index (κ2) is 6.98. The van der Waals surface area contributed by atoms with Gasteiger partial charge in [-0.05, 0) is 39.7 Å². The van der Waals surface area contributed by atoms with Crippen molar-refractivity contribution in [2.45, 2.75) is 0 Å². The maximum atomic E-state index is 12.4. The van der Waals surface area contributed by atoms with Gasteiger partial charge in [0.05, 0.1) is 11.3 Å². The van der Waals surface area contributed by atoms with E-state index in [9.17, 15) is 14.7 Å². The van der Waals surface area contributed by atoms with E-state index in [1.807, 2.05) is 36.4 Å². The normalized spacial score (nSPS) is 10.4. The van der Waals surface area contributed by atoms with Crippen LogP contribution in [0.3, 0.4) is 0 Å². The van der Waals surface area contributed by atoms with Crippen LogP contribution in [-0.4, -0.2) is 17.0 Å². The van der Waals surface area contributed by atoms with Gasteiger partial charge in [0.15, 0.2) is 0 Å². The van der Waals surface area contributed by atoms with Gasteiger partial charge >= 0.3 is 5.97 Å². The third-order valence-corrected chi connectivity index (χ3v) is 5.21. The van der Waals surface area contributed by atoms with Gasteiger partial charge in [-0.3, -0.25) is 4.79 Å². The van der Waals surface area contributed by atoms with Crippen molar-refractivity contribution in [1.82, 2.24) is 0 Å². The fourth-order valence-corrected chi connectivity index (χ4v) is 3.65. The molecular formula is C18H12BrNO3S. The molecule has 1 aromatic heterocycles. The molecule has 0 aliphatic heterocycles. The minimum Gasteiger partial charge on any atom is -0.477 e. The molecule has 1 heterocycles. The number of carboxylic acids is 1. The van der Waals surface area contributed by atoms with Crippen LogP contribution in [0.4, 0.5) is 5.69 Å². The van der Waals surface area contributed by atoms with E-state index >= 15 is 0 Å². The molecule has 2 aromatic carbocycles. The molecule has 0 radical (unpaired) electrons. The molecule has 24 heavy (non-hydrogen) atoms. The second-order valence-electron chi connectivity index (χ2n) is 4.96. The quantitative estimate of drug-likeness (QED) is 0.636. The van der Waals surface area contributed by atoms with Crippen molar-refractivity contribution in [3.05, 3.63) is 75.6 Å². The van der Waals surface area contributed by atoms with Crippen LogP contribution >= 0.6 is 27.3 Å². The van der Waals surface area contributed by atoms with Gasteiger partial charge in [0.2, 0.25) is 0 Å². The summed E-state index contributed by atoms with van der Waals surface area (Å²) in [5, 5.41) is 12.1. The summed E-state index contributed by atoms with van der Waals surface area (Å²) in [6.07, 6.45) is 0. The highest BCUT2D eigenvalue weighted by atomic mass is 79.9. The Balaban J connectivity index is 1.96. The van der Waals surface area contributed by atoms with E-state index in [0.717, 1.165) is 21.8 Å². The zero-order valence-electron chi connectivity index (χ0n) is 12.3. The van der Waals surface area contributed by atoms with Crippen LogP contribution in [0.5, 0.6) is 0 Å². The molecule has 0 unspecified atom stereocenters. The predicted molar refractivity (Wildman–Crippen MR) is 98.8 cm³/mol. The molecule has 0 spiro atoms. The average molecular weight is 402 g/mol. The number of carbonyl (C=O) groups is 2. The number of halogens is 1. The van der Waals surface area contributed by atoms with E-state index in [4.69, 9.17) is 0 Å². The predicted octanol–water partition coefficient (Wildman–Crippen LogP) is 5.13. The van der Waals surface area contributed by atoms with Crippen LogP contribution < -0.4 is 5.32 Å². The number of carboxylic acid groups (broad SMARTS) is 1. The Morgan fingerprint density at radius 1 is 1.00 bits per heavy atom. The number of anilines is 1. The molecule has 6 heteroatoms. The molecule has 0 aliphatic rings. The van der Waals surface area contributed by atoms with E-state index in [1.165, 1.54) is 0 Å². The number of benzene rings is 2. The topological polar surface area (TPSA) is 66.4 Å². The van der Waals surface area contributed by atoms with E-state index < -0.39 is 5.97 Å². The maximum absolute atomic E-state index is 12.4. The number of rotatable bonds is 4. The lowest BCUT2D eigenvalue weighted by atomic mass is 10.2. The summed E-state index contributed by atoms with van der Waals surface area (Å²) >= 11 is 4.46. The second-order valence-corrected chi connectivity index (χ2v) is 6.87. The molecule has 0 saturated carbocycles. The molecule has 120 valence electrons. The maximum Gasteiger partial charge on any atom is 0.348 e. The highest BCUT2D eigenvalue weighted by Gasteiger charge is 2.19. The van der Waals surface area contributed by atoms with Crippen molar-refractivity contribution in [2.75, 3.05) is 5.32 Å². The van der Waals surface area contributed by atoms with Crippen LogP contribution in [0.1, 0.15) is 20.0 Å². The SMILES string of the molecule is O=C(Nc1cc(-c2ccccc2)sc1C(=O)O)c1ccccc1Br. The van der Waals surface area contributed by atoms with Crippen LogP contribution in [0, 0.1) is 0 Å². The largest absolute Gasteiger partial charge is 0.477 e. The monoisotopic (exact) mass is 401 g/mol. The summed E-state index contributed by atoms with van der Waals surface area (Å²) in [6.45, 7) is 0. The van der Waals surface area contributed by atoms with Crippen LogP contribution in [0.25, 0.3) is 10.4 Å². The Kier molecular flexibility index (Phi) is 4.78. The smallest absolute Gasteiger partial charge is 0.348 e. The first-order valence-corrected chi connectivity index (χ1v) is 8.65. The molecule has 0 atom stereocenters. The highest BCUT2D eigenvalue weighted by molar-refractivity contribution is 9.10. The molecule has 3 rings (SSSR count). The Bertz CT molecular complexity index is 906. The summed E-state index contributed by atoms with van der Waals surface area (Å²) in [4.78, 5) is 24.8. The zero-order chi connectivity index (χ0) is 17.1. The van der Waals surface area contributed by atoms with E-state index in [1.54, 1.807) is 24.3 Å². The third kappa shape index (κ3) is 3.39. The van der Waals surface area contributed by atoms with Gasteiger partial charge in [-0.15, -0.1) is 11.3 Å². The van der Waals surface area contributed by atoms with E-state index in [0.29, 0.717) is 15.7 Å². The van der Waals surface area contributed by atoms with E-state index in [2.05, 4.69) is 21.2 Å². The number of nitrogens with one attached hydrogen (secondary N) is 1. The van der Waals surface area contributed by atoms with Gasteiger partial charge in [-0.2, -0.15) is 0 Å². The zero-order valence-corrected chi connectivity index (χ0v) is 14.7. The summed E-state index contributed by atoms with van der Waals surface area (Å²) in [5.41, 5.74) is 1.65. The molecule has 3 aromatic rings. The van der Waals surface area contributed by atoms with Gasteiger partial charge in [0.1, 0.15) is 4.88 Å². The fraction of sp³-hybridized carbons (Fsp3) is 0. The van der Waals surface area contributed by atoms with Gasteiger partial charge in [-0.25, -0.2) is 4.79 Å². The number of carbonyl (C=O) groups excluding carboxylic acids is 1. The average Bonchev–Trinajstić information content (AvgIpc) is 3.00. The molecule has 2 N–H and O–H groups in total. The lowest BCUT2D eigenvalue weighted by Crippen LogP contribution is -2.13. The summed E-state index contributed by atoms with van der Waals surface area (Å²) < 4.78 is 0.651. The first kappa shape index (κ1) is 16.4. The molecule has 0 bridgehead atoms. The molecular weight excluding hydrogens is 390 g/mol. The lowest BCUT2D eigenvalue weighted by molar-refractivity contribution is 0.0703. The van der Waals surface area contributed by atoms with Crippen molar-refractivity contribution < 1.29 is 14.7 Å². The molecule has 0 fully saturated rings. The van der Waals surface area contributed by atoms with Crippen molar-refractivity contribution in [2.24, 2.45) is 0 Å². The number of hydrogen-bond donors (Lipinski definition) is 2. The number of thiophene rings is 1. The standard InChI is InChI=1S/C18H12BrNO3S/c19-13-9-5-4-8-12(13)17(21)20-14-10-15(24-16(14)18(22)23)11-6-2-1-3-7-11/h1-10H,(H,20,21)(H,22,23). The first-order chi connectivity index (χ1) is 11.6.